The molecule has 2 rings (SSSR count). The SMILES string of the molecule is N#Cc1ccc(N2CCS(=O)(=O)CC2)cc1N. The molecule has 0 aliphatic carbocycles. The van der Waals surface area contributed by atoms with E-state index in [9.17, 15) is 8.42 Å². The van der Waals surface area contributed by atoms with Crippen LogP contribution in [-0.4, -0.2) is 33.0 Å². The number of nitrogens with two attached hydrogens (primary N) is 1. The number of benzene rings is 1. The van der Waals surface area contributed by atoms with Crippen LogP contribution in [0.5, 0.6) is 0 Å². The van der Waals surface area contributed by atoms with Crippen LogP contribution in [0.15, 0.2) is 18.2 Å². The van der Waals surface area contributed by atoms with Gasteiger partial charge in [-0.05, 0) is 18.2 Å². The highest BCUT2D eigenvalue weighted by Crippen LogP contribution is 2.22. The number of nitrogen functional groups attached to an aromatic ring is 1. The number of sulfone groups is 1. The van der Waals surface area contributed by atoms with Crippen LogP contribution in [0.25, 0.3) is 0 Å². The first-order valence-corrected chi connectivity index (χ1v) is 7.09. The summed E-state index contributed by atoms with van der Waals surface area (Å²) in [5, 5.41) is 8.77. The third-order valence-electron chi connectivity index (χ3n) is 2.87. The van der Waals surface area contributed by atoms with Crippen LogP contribution in [-0.2, 0) is 9.84 Å². The maximum Gasteiger partial charge on any atom is 0.153 e. The van der Waals surface area contributed by atoms with Crippen molar-refractivity contribution >= 4 is 21.2 Å². The summed E-state index contributed by atoms with van der Waals surface area (Å²) in [6.45, 7) is 0.960. The molecule has 0 radical (unpaired) electrons. The maximum absolute atomic E-state index is 11.3. The van der Waals surface area contributed by atoms with Gasteiger partial charge in [0.15, 0.2) is 9.84 Å². The Bertz CT molecular complexity index is 561. The minimum atomic E-state index is -2.87. The van der Waals surface area contributed by atoms with Crippen LogP contribution in [0.2, 0.25) is 0 Å². The van der Waals surface area contributed by atoms with E-state index >= 15 is 0 Å². The summed E-state index contributed by atoms with van der Waals surface area (Å²) < 4.78 is 22.6. The summed E-state index contributed by atoms with van der Waals surface area (Å²) in [5.41, 5.74) is 7.47. The van der Waals surface area contributed by atoms with Gasteiger partial charge in [0, 0.05) is 18.8 Å². The van der Waals surface area contributed by atoms with Gasteiger partial charge in [-0.15, -0.1) is 0 Å². The summed E-state index contributed by atoms with van der Waals surface area (Å²) in [6, 6.07) is 7.18. The van der Waals surface area contributed by atoms with Gasteiger partial charge in [0.2, 0.25) is 0 Å². The number of rotatable bonds is 1. The Morgan fingerprint density at radius 3 is 2.47 bits per heavy atom. The minimum Gasteiger partial charge on any atom is -0.398 e. The molecule has 0 unspecified atom stereocenters. The average Bonchev–Trinajstić information content (AvgIpc) is 2.29. The van der Waals surface area contributed by atoms with Crippen LogP contribution in [0.4, 0.5) is 11.4 Å². The number of nitriles is 1. The van der Waals surface area contributed by atoms with Gasteiger partial charge in [-0.1, -0.05) is 0 Å². The molecule has 90 valence electrons. The van der Waals surface area contributed by atoms with Crippen molar-refractivity contribution in [2.75, 3.05) is 35.2 Å². The highest BCUT2D eigenvalue weighted by Gasteiger charge is 2.21. The fraction of sp³-hybridized carbons (Fsp3) is 0.364. The molecule has 0 amide bonds. The largest absolute Gasteiger partial charge is 0.398 e. The highest BCUT2D eigenvalue weighted by molar-refractivity contribution is 7.91. The Labute approximate surface area is 100 Å². The van der Waals surface area contributed by atoms with E-state index in [1.807, 2.05) is 11.0 Å². The first-order valence-electron chi connectivity index (χ1n) is 5.27. The van der Waals surface area contributed by atoms with Gasteiger partial charge >= 0.3 is 0 Å². The molecular weight excluding hydrogens is 238 g/mol. The zero-order chi connectivity index (χ0) is 12.5. The summed E-state index contributed by atoms with van der Waals surface area (Å²) in [6.07, 6.45) is 0. The topological polar surface area (TPSA) is 87.2 Å². The lowest BCUT2D eigenvalue weighted by atomic mass is 10.1. The molecule has 1 aliphatic rings. The van der Waals surface area contributed by atoms with Crippen LogP contribution >= 0.6 is 0 Å². The summed E-state index contributed by atoms with van der Waals surface area (Å²) in [5.74, 6) is 0.347. The molecule has 6 heteroatoms. The first-order chi connectivity index (χ1) is 8.02. The molecule has 5 nitrogen and oxygen atoms in total. The van der Waals surface area contributed by atoms with E-state index in [1.54, 1.807) is 18.2 Å². The molecule has 1 heterocycles. The third kappa shape index (κ3) is 2.50. The zero-order valence-corrected chi connectivity index (χ0v) is 10.1. The lowest BCUT2D eigenvalue weighted by Crippen LogP contribution is -2.40. The zero-order valence-electron chi connectivity index (χ0n) is 9.26. The van der Waals surface area contributed by atoms with Crippen LogP contribution in [0.1, 0.15) is 5.56 Å². The van der Waals surface area contributed by atoms with E-state index in [-0.39, 0.29) is 11.5 Å². The number of hydrogen-bond acceptors (Lipinski definition) is 5. The Morgan fingerprint density at radius 2 is 1.94 bits per heavy atom. The molecule has 0 spiro atoms. The Kier molecular flexibility index (Phi) is 2.94. The molecule has 17 heavy (non-hydrogen) atoms. The van der Waals surface area contributed by atoms with Gasteiger partial charge in [-0.3, -0.25) is 0 Å². The molecule has 1 aromatic carbocycles. The van der Waals surface area contributed by atoms with Gasteiger partial charge in [0.1, 0.15) is 6.07 Å². The summed E-state index contributed by atoms with van der Waals surface area (Å²) in [7, 11) is -2.87. The summed E-state index contributed by atoms with van der Waals surface area (Å²) in [4.78, 5) is 1.97. The Hall–Kier alpha value is -1.74. The van der Waals surface area contributed by atoms with E-state index in [1.165, 1.54) is 0 Å². The quantitative estimate of drug-likeness (QED) is 0.729. The summed E-state index contributed by atoms with van der Waals surface area (Å²) >= 11 is 0. The van der Waals surface area contributed by atoms with Crippen LogP contribution in [0, 0.1) is 11.3 Å². The molecule has 0 saturated carbocycles. The van der Waals surface area contributed by atoms with Gasteiger partial charge < -0.3 is 10.6 Å². The van der Waals surface area contributed by atoms with Crippen LogP contribution < -0.4 is 10.6 Å². The van der Waals surface area contributed by atoms with Crippen molar-refractivity contribution in [3.8, 4) is 6.07 Å². The van der Waals surface area contributed by atoms with Crippen molar-refractivity contribution in [3.63, 3.8) is 0 Å². The van der Waals surface area contributed by atoms with Gasteiger partial charge in [-0.25, -0.2) is 8.42 Å². The van der Waals surface area contributed by atoms with Gasteiger partial charge in [0.25, 0.3) is 0 Å². The standard InChI is InChI=1S/C11H13N3O2S/c12-8-9-1-2-10(7-11(9)13)14-3-5-17(15,16)6-4-14/h1-2,7H,3-6,13H2. The van der Waals surface area contributed by atoms with Crippen molar-refractivity contribution in [3.05, 3.63) is 23.8 Å². The van der Waals surface area contributed by atoms with Crippen molar-refractivity contribution in [2.45, 2.75) is 0 Å². The first kappa shape index (κ1) is 11.7. The Morgan fingerprint density at radius 1 is 1.29 bits per heavy atom. The van der Waals surface area contributed by atoms with Gasteiger partial charge in [-0.2, -0.15) is 5.26 Å². The molecule has 0 aromatic heterocycles. The third-order valence-corrected chi connectivity index (χ3v) is 4.47. The van der Waals surface area contributed by atoms with E-state index < -0.39 is 9.84 Å². The van der Waals surface area contributed by atoms with E-state index in [0.29, 0.717) is 24.3 Å². The second-order valence-corrected chi connectivity index (χ2v) is 6.33. The van der Waals surface area contributed by atoms with Crippen molar-refractivity contribution < 1.29 is 8.42 Å². The Balaban J connectivity index is 2.20. The fourth-order valence-corrected chi connectivity index (χ4v) is 3.02. The van der Waals surface area contributed by atoms with E-state index in [2.05, 4.69) is 0 Å². The van der Waals surface area contributed by atoms with E-state index in [0.717, 1.165) is 5.69 Å². The normalized spacial score (nSPS) is 18.6. The second-order valence-electron chi connectivity index (χ2n) is 4.02. The molecule has 0 bridgehead atoms. The molecule has 0 atom stereocenters. The van der Waals surface area contributed by atoms with Crippen molar-refractivity contribution in [1.29, 1.82) is 5.26 Å². The number of nitrogens with zero attached hydrogens (tertiary/aromatic N) is 2. The molecular formula is C11H13N3O2S. The molecule has 1 aromatic rings. The predicted octanol–water partition coefficient (Wildman–Crippen LogP) is 0.375. The highest BCUT2D eigenvalue weighted by atomic mass is 32.2. The van der Waals surface area contributed by atoms with E-state index in [4.69, 9.17) is 11.0 Å². The number of hydrogen-bond donors (Lipinski definition) is 1. The smallest absolute Gasteiger partial charge is 0.153 e. The van der Waals surface area contributed by atoms with Crippen molar-refractivity contribution in [2.24, 2.45) is 0 Å². The average molecular weight is 251 g/mol. The lowest BCUT2D eigenvalue weighted by Gasteiger charge is -2.28. The maximum atomic E-state index is 11.3. The molecule has 1 saturated heterocycles. The predicted molar refractivity (Wildman–Crippen MR) is 66.4 cm³/mol. The van der Waals surface area contributed by atoms with Crippen molar-refractivity contribution in [1.82, 2.24) is 0 Å². The number of anilines is 2. The lowest BCUT2D eigenvalue weighted by molar-refractivity contribution is 0.587. The fourth-order valence-electron chi connectivity index (χ4n) is 1.82. The molecule has 2 N–H and O–H groups in total. The second kappa shape index (κ2) is 4.26. The van der Waals surface area contributed by atoms with Gasteiger partial charge in [0.05, 0.1) is 22.8 Å². The molecule has 1 fully saturated rings. The monoisotopic (exact) mass is 251 g/mol. The van der Waals surface area contributed by atoms with Crippen LogP contribution in [0.3, 0.4) is 0 Å². The minimum absolute atomic E-state index is 0.174. The molecule has 1 aliphatic heterocycles.